The lowest BCUT2D eigenvalue weighted by atomic mass is 9.93. The van der Waals surface area contributed by atoms with Crippen LogP contribution in [0.2, 0.25) is 0 Å². The maximum Gasteiger partial charge on any atom is 0.411 e. The van der Waals surface area contributed by atoms with Crippen molar-refractivity contribution in [1.82, 2.24) is 30.7 Å². The number of amides is 8. The number of aromatic amines is 1. The van der Waals surface area contributed by atoms with E-state index < -0.39 is 89.2 Å². The molecule has 8 saturated carbocycles. The van der Waals surface area contributed by atoms with Crippen LogP contribution in [0.4, 0.5) is 9.59 Å². The number of aliphatic carboxylic acids is 1. The van der Waals surface area contributed by atoms with Gasteiger partial charge in [0, 0.05) is 98.1 Å². The van der Waals surface area contributed by atoms with Crippen LogP contribution in [0.15, 0.2) is 24.3 Å². The molecule has 13 rings (SSSR count). The number of hydrogen-bond donors (Lipinski definition) is 11. The SMILES string of the molecule is CC(C)(C)OC(=O)N1CC2(CC2)C[C@H]1C(=O)N[C@@H](C[C@@H]1CCCC1=O)C(N)=O.CC(C)(C)OC(=O)N1CC2(CC2)C[C@H]1C(=O)O.COC(=O)[C@@H](C)C[C@@H]1CCCC1=O.COc1cccc2[nH]c(C(=O)O)cc12.C[C@@H](C[C@@H]1CCCC1=O)C(N)=O.Cl.Cl.NC(=O)[C@@H](N)C[C@@H]1CCCC1=O.NC(=O)[C@H](C[C@@H]1CCCC1=O)NC(=O)[C@@H]1CC2(CC2)CN1. The van der Waals surface area contributed by atoms with Gasteiger partial charge in [-0.2, -0.15) is 0 Å². The normalized spacial score (nSPS) is 24.7. The number of ketones is 5. The largest absolute Gasteiger partial charge is 0.496 e. The topological polar surface area (TPSA) is 539 Å². The van der Waals surface area contributed by atoms with Crippen molar-refractivity contribution in [3.63, 3.8) is 0 Å². The molecule has 8 amide bonds. The summed E-state index contributed by atoms with van der Waals surface area (Å²) in [6.07, 6.45) is 21.6. The summed E-state index contributed by atoms with van der Waals surface area (Å²) in [5.74, 6) is -3.34. The highest BCUT2D eigenvalue weighted by molar-refractivity contribution is 5.97. The number of halogens is 2. The minimum absolute atomic E-state index is 0. The van der Waals surface area contributed by atoms with Crippen molar-refractivity contribution in [2.24, 2.45) is 86.3 Å². The van der Waals surface area contributed by atoms with Gasteiger partial charge in [0.25, 0.3) is 0 Å². The number of carbonyl (C=O) groups excluding carboxylic acids is 14. The van der Waals surface area contributed by atoms with Crippen LogP contribution in [0.5, 0.6) is 5.75 Å². The zero-order valence-corrected chi connectivity index (χ0v) is 72.2. The predicted octanol–water partition coefficient (Wildman–Crippen LogP) is 7.92. The molecule has 666 valence electrons. The first-order valence-electron chi connectivity index (χ1n) is 41.4. The number of carbonyl (C=O) groups is 16. The molecule has 3 saturated heterocycles. The third-order valence-corrected chi connectivity index (χ3v) is 24.3. The van der Waals surface area contributed by atoms with Gasteiger partial charge in [0.1, 0.15) is 75.7 Å². The average molecular weight is 1720 g/mol. The van der Waals surface area contributed by atoms with Crippen LogP contribution in [0, 0.1) is 57.7 Å². The van der Waals surface area contributed by atoms with E-state index in [1.54, 1.807) is 67.7 Å². The lowest BCUT2D eigenvalue weighted by Gasteiger charge is -2.29. The number of H-pyrrole nitrogens is 1. The molecule has 1 aromatic heterocycles. The number of rotatable bonds is 22. The summed E-state index contributed by atoms with van der Waals surface area (Å²) in [7, 11) is 2.94. The Labute approximate surface area is 708 Å². The Morgan fingerprint density at radius 1 is 0.529 bits per heavy atom. The van der Waals surface area contributed by atoms with Gasteiger partial charge in [-0.1, -0.05) is 19.9 Å². The van der Waals surface area contributed by atoms with Crippen LogP contribution in [-0.2, 0) is 76.5 Å². The number of methoxy groups -OCH3 is 2. The fourth-order valence-corrected chi connectivity index (χ4v) is 16.7. The van der Waals surface area contributed by atoms with E-state index >= 15 is 0 Å². The molecule has 8 aliphatic carbocycles. The van der Waals surface area contributed by atoms with Gasteiger partial charge in [-0.3, -0.25) is 67.3 Å². The molecular formula is C84H129Cl2N11O22. The van der Waals surface area contributed by atoms with Crippen molar-refractivity contribution in [2.75, 3.05) is 33.9 Å². The number of Topliss-reactive ketones (excluding diaryl/α,β-unsaturated/α-hetero) is 5. The fourth-order valence-electron chi connectivity index (χ4n) is 16.7. The second kappa shape index (κ2) is 44.1. The molecule has 3 aliphatic heterocycles. The molecule has 13 atom stereocenters. The second-order valence-corrected chi connectivity index (χ2v) is 36.2. The van der Waals surface area contributed by atoms with Crippen molar-refractivity contribution < 1.29 is 106 Å². The second-order valence-electron chi connectivity index (χ2n) is 36.2. The summed E-state index contributed by atoms with van der Waals surface area (Å²) in [6, 6.07) is 3.06. The summed E-state index contributed by atoms with van der Waals surface area (Å²) < 4.78 is 20.4. The summed E-state index contributed by atoms with van der Waals surface area (Å²) in [6.45, 7) is 16.2. The van der Waals surface area contributed by atoms with Gasteiger partial charge in [0.2, 0.25) is 35.4 Å². The molecular weight excluding hydrogens is 1590 g/mol. The average Bonchev–Trinajstić information content (AvgIpc) is 1.60. The van der Waals surface area contributed by atoms with Gasteiger partial charge in [-0.25, -0.2) is 19.2 Å². The van der Waals surface area contributed by atoms with Crippen LogP contribution in [0.3, 0.4) is 0 Å². The molecule has 3 spiro atoms. The standard InChI is InChI=1S/C20H31N3O5.C15H23N3O3.C12H19NO4.C10H9NO3.C10H16O3.C9H15NO2.C8H14N2O2.2ClH/c1-19(2,3)28-18(27)23-11-20(7-8-20)10-14(23)17(26)22-13(16(21)25)9-12-5-4-6-15(12)24;16-13(20)10(6-9-2-1-3-12(9)19)18-14(21)11-7-15(4-5-15)8-17-11;1-11(2,3)17-10(16)13-7-12(4-5-12)6-8(13)9(14)15;1-14-9-4-2-3-7-6(9)5-8(11-7)10(12)13;1-7(10(12)13-2)6-8-4-3-5-9(8)11;1-6(9(10)12)5-7-3-2-4-8(7)11;9-6(8(10)12)4-5-2-1-3-7(5)11;;/h12-14H,4-11H2,1-3H3,(H2,21,25)(H,22,26);9-11,17H,1-8H2,(H2,16,20)(H,18,21);8H,4-7H2,1-3H3,(H,14,15);2-5,11H,1H3,(H,12,13);7-8H,3-6H2,1-2H3;6-7H,2-5H2,1H3,(H2,10,12);5-6H,1-4,9H2,(H2,10,12);2*1H/t12-,13-,14-;9-,10-,11-;8-;;7-,8-;6-,7-;5-,6-;;/m000.000../s1. The number of likely N-dealkylation sites (tertiary alicyclic amines) is 2. The van der Waals surface area contributed by atoms with Crippen LogP contribution in [0.1, 0.15) is 252 Å². The molecule has 0 radical (unpaired) electrons. The predicted molar refractivity (Wildman–Crippen MR) is 442 cm³/mol. The van der Waals surface area contributed by atoms with E-state index in [1.807, 2.05) is 19.1 Å². The lowest BCUT2D eigenvalue weighted by molar-refractivity contribution is -0.145. The molecule has 119 heavy (non-hydrogen) atoms. The number of carboxylic acids is 2. The van der Waals surface area contributed by atoms with E-state index in [-0.39, 0.29) is 130 Å². The molecule has 16 N–H and O–H groups in total. The number of nitrogens with one attached hydrogen (secondary N) is 4. The molecule has 2 aromatic rings. The highest BCUT2D eigenvalue weighted by Crippen LogP contribution is 2.56. The van der Waals surface area contributed by atoms with Crippen molar-refractivity contribution in [1.29, 1.82) is 0 Å². The molecule has 35 heteroatoms. The number of aromatic carboxylic acids is 1. The van der Waals surface area contributed by atoms with Crippen molar-refractivity contribution in [2.45, 2.75) is 289 Å². The number of esters is 1. The van der Waals surface area contributed by atoms with Crippen molar-refractivity contribution in [3.05, 3.63) is 30.0 Å². The maximum absolute atomic E-state index is 13.0. The summed E-state index contributed by atoms with van der Waals surface area (Å²) in [4.78, 5) is 190. The molecule has 1 aromatic carbocycles. The van der Waals surface area contributed by atoms with Crippen molar-refractivity contribution in [3.8, 4) is 5.75 Å². The summed E-state index contributed by atoms with van der Waals surface area (Å²) >= 11 is 0. The highest BCUT2D eigenvalue weighted by atomic mass is 35.5. The van der Waals surface area contributed by atoms with Gasteiger partial charge in [-0.05, 0) is 230 Å². The lowest BCUT2D eigenvalue weighted by Crippen LogP contribution is -2.53. The van der Waals surface area contributed by atoms with Gasteiger partial charge < -0.3 is 78.8 Å². The first kappa shape index (κ1) is 101. The van der Waals surface area contributed by atoms with E-state index in [2.05, 4.69) is 25.7 Å². The zero-order valence-electron chi connectivity index (χ0n) is 70.6. The van der Waals surface area contributed by atoms with Crippen molar-refractivity contribution >= 4 is 130 Å². The molecule has 4 heterocycles. The molecule has 11 aliphatic rings. The zero-order chi connectivity index (χ0) is 86.8. The summed E-state index contributed by atoms with van der Waals surface area (Å²) in [5.41, 5.74) is 26.5. The Morgan fingerprint density at radius 3 is 1.27 bits per heavy atom. The Bertz CT molecular complexity index is 3930. The Morgan fingerprint density at radius 2 is 0.924 bits per heavy atom. The number of primary amides is 4. The third kappa shape index (κ3) is 30.4. The number of hydrogen-bond acceptors (Lipinski definition) is 22. The first-order valence-corrected chi connectivity index (χ1v) is 41.4. The smallest absolute Gasteiger partial charge is 0.411 e. The van der Waals surface area contributed by atoms with E-state index in [0.717, 1.165) is 114 Å². The van der Waals surface area contributed by atoms with Gasteiger partial charge in [-0.15, -0.1) is 24.8 Å². The number of aromatic nitrogens is 1. The monoisotopic (exact) mass is 1710 g/mol. The van der Waals surface area contributed by atoms with E-state index in [4.69, 9.17) is 53.1 Å². The number of benzene rings is 1. The Kier molecular flexibility index (Phi) is 37.3. The van der Waals surface area contributed by atoms with E-state index in [0.29, 0.717) is 106 Å². The number of nitrogens with two attached hydrogens (primary N) is 5. The minimum Gasteiger partial charge on any atom is -0.496 e. The quantitative estimate of drug-likeness (QED) is 0.0393. The first-order chi connectivity index (χ1) is 54.8. The van der Waals surface area contributed by atoms with Gasteiger partial charge >= 0.3 is 30.1 Å². The van der Waals surface area contributed by atoms with Gasteiger partial charge in [0.05, 0.1) is 32.2 Å². The molecule has 0 bridgehead atoms. The Balaban J connectivity index is 0.000000252. The van der Waals surface area contributed by atoms with Crippen LogP contribution >= 0.6 is 24.8 Å². The number of carboxylic acid groups (broad SMARTS) is 2. The van der Waals surface area contributed by atoms with Crippen LogP contribution in [0.25, 0.3) is 10.9 Å². The fraction of sp³-hybridized carbons (Fsp3) is 0.714. The molecule has 0 unspecified atom stereocenters. The van der Waals surface area contributed by atoms with E-state index in [1.165, 1.54) is 29.8 Å². The number of nitrogens with zero attached hydrogens (tertiary/aromatic N) is 2. The van der Waals surface area contributed by atoms with Crippen LogP contribution in [-0.4, -0.2) is 201 Å². The van der Waals surface area contributed by atoms with Crippen LogP contribution < -0.4 is 49.4 Å². The van der Waals surface area contributed by atoms with Gasteiger partial charge in [0.15, 0.2) is 0 Å². The minimum atomic E-state index is -0.969. The third-order valence-electron chi connectivity index (χ3n) is 24.3. The number of fused-ring (bicyclic) bond motifs is 1. The number of ether oxygens (including phenoxy) is 4. The van der Waals surface area contributed by atoms with E-state index in [9.17, 15) is 76.7 Å². The highest BCUT2D eigenvalue weighted by Gasteiger charge is 2.58. The molecule has 11 fully saturated rings. The summed E-state index contributed by atoms with van der Waals surface area (Å²) in [5, 5.41) is 27.4. The Hall–Kier alpha value is -8.82. The molecule has 33 nitrogen and oxygen atoms in total. The maximum atomic E-state index is 13.0.